The molecule has 2 fully saturated rings. The first-order chi connectivity index (χ1) is 13.4. The van der Waals surface area contributed by atoms with Crippen LogP contribution in [0.1, 0.15) is 17.7 Å². The van der Waals surface area contributed by atoms with E-state index in [1.54, 1.807) is 0 Å². The normalized spacial score (nSPS) is 23.9. The second-order valence-corrected chi connectivity index (χ2v) is 6.63. The Bertz CT molecular complexity index is 904. The molecule has 1 aliphatic heterocycles. The van der Waals surface area contributed by atoms with Crippen molar-refractivity contribution in [3.63, 3.8) is 0 Å². The molecule has 11 heteroatoms. The van der Waals surface area contributed by atoms with Crippen LogP contribution in [0.25, 0.3) is 0 Å². The molecule has 1 saturated heterocycles. The Hall–Kier alpha value is -2.97. The molecule has 1 spiro atoms. The van der Waals surface area contributed by atoms with Gasteiger partial charge in [0.25, 0.3) is 0 Å². The Morgan fingerprint density at radius 1 is 1.21 bits per heavy atom. The van der Waals surface area contributed by atoms with Crippen LogP contribution < -0.4 is 16.0 Å². The zero-order chi connectivity index (χ0) is 19.8. The van der Waals surface area contributed by atoms with E-state index in [9.17, 15) is 13.2 Å². The van der Waals surface area contributed by atoms with E-state index in [4.69, 9.17) is 10.00 Å². The van der Waals surface area contributed by atoms with Gasteiger partial charge in [0, 0.05) is 31.8 Å². The lowest BCUT2D eigenvalue weighted by molar-refractivity contribution is -0.137. The standard InChI is InChI=1S/C17H16F3N7O/c18-17(19,20)11-7-25-14(27-15-8-23-10(5-21)6-24-15)3-12(11)26-13-4-16(13)9-22-1-2-28-16/h3,6-8,13,22H,1-2,4,9H2,(H2,24,25,26,27). The van der Waals surface area contributed by atoms with Gasteiger partial charge in [0.15, 0.2) is 5.69 Å². The minimum Gasteiger partial charge on any atom is -0.379 e. The van der Waals surface area contributed by atoms with E-state index < -0.39 is 17.3 Å². The number of hydrogen-bond donors (Lipinski definition) is 3. The second-order valence-electron chi connectivity index (χ2n) is 6.63. The van der Waals surface area contributed by atoms with Gasteiger partial charge in [0.05, 0.1) is 36.3 Å². The van der Waals surface area contributed by atoms with Crippen molar-refractivity contribution in [2.45, 2.75) is 24.2 Å². The fourth-order valence-corrected chi connectivity index (χ4v) is 3.14. The fraction of sp³-hybridized carbons (Fsp3) is 0.412. The largest absolute Gasteiger partial charge is 0.419 e. The summed E-state index contributed by atoms with van der Waals surface area (Å²) >= 11 is 0. The summed E-state index contributed by atoms with van der Waals surface area (Å²) in [6.45, 7) is 1.87. The molecule has 1 saturated carbocycles. The lowest BCUT2D eigenvalue weighted by atomic mass is 10.2. The molecule has 2 aromatic rings. The van der Waals surface area contributed by atoms with E-state index in [2.05, 4.69) is 30.9 Å². The Kier molecular flexibility index (Phi) is 4.52. The van der Waals surface area contributed by atoms with Gasteiger partial charge in [-0.15, -0.1) is 0 Å². The second kappa shape index (κ2) is 6.88. The van der Waals surface area contributed by atoms with Gasteiger partial charge in [-0.25, -0.2) is 15.0 Å². The first-order valence-corrected chi connectivity index (χ1v) is 8.57. The molecule has 4 rings (SSSR count). The van der Waals surface area contributed by atoms with Gasteiger partial charge in [-0.1, -0.05) is 0 Å². The molecular formula is C17H16F3N7O. The molecule has 8 nitrogen and oxygen atoms in total. The molecule has 3 heterocycles. The minimum absolute atomic E-state index is 0.0809. The smallest absolute Gasteiger partial charge is 0.379 e. The Morgan fingerprint density at radius 3 is 2.68 bits per heavy atom. The van der Waals surface area contributed by atoms with Gasteiger partial charge in [0.2, 0.25) is 0 Å². The topological polar surface area (TPSA) is 108 Å². The maximum absolute atomic E-state index is 13.4. The number of nitriles is 1. The van der Waals surface area contributed by atoms with Crippen molar-refractivity contribution >= 4 is 17.3 Å². The summed E-state index contributed by atoms with van der Waals surface area (Å²) in [5, 5.41) is 17.7. The summed E-state index contributed by atoms with van der Waals surface area (Å²) in [7, 11) is 0. The monoisotopic (exact) mass is 391 g/mol. The molecule has 0 aromatic carbocycles. The van der Waals surface area contributed by atoms with Crippen LogP contribution >= 0.6 is 0 Å². The molecule has 28 heavy (non-hydrogen) atoms. The number of pyridine rings is 1. The van der Waals surface area contributed by atoms with E-state index in [1.807, 2.05) is 6.07 Å². The maximum Gasteiger partial charge on any atom is 0.419 e. The lowest BCUT2D eigenvalue weighted by Crippen LogP contribution is -2.43. The van der Waals surface area contributed by atoms with Crippen LogP contribution in [0.2, 0.25) is 0 Å². The summed E-state index contributed by atoms with van der Waals surface area (Å²) in [5.41, 5.74) is -1.26. The van der Waals surface area contributed by atoms with Gasteiger partial charge in [0.1, 0.15) is 23.3 Å². The third-order valence-electron chi connectivity index (χ3n) is 4.68. The van der Waals surface area contributed by atoms with Crippen molar-refractivity contribution in [1.29, 1.82) is 5.26 Å². The molecule has 3 N–H and O–H groups in total. The number of nitrogens with zero attached hydrogens (tertiary/aromatic N) is 4. The molecule has 0 amide bonds. The van der Waals surface area contributed by atoms with Crippen LogP contribution in [0.4, 0.5) is 30.5 Å². The molecular weight excluding hydrogens is 375 g/mol. The molecule has 0 radical (unpaired) electrons. The number of alkyl halides is 3. The lowest BCUT2D eigenvalue weighted by Gasteiger charge is -2.25. The van der Waals surface area contributed by atoms with Crippen LogP contribution in [0, 0.1) is 11.3 Å². The Balaban J connectivity index is 1.56. The summed E-state index contributed by atoms with van der Waals surface area (Å²) in [6, 6.07) is 2.91. The highest BCUT2D eigenvalue weighted by molar-refractivity contribution is 5.63. The first kappa shape index (κ1) is 18.4. The van der Waals surface area contributed by atoms with Crippen LogP contribution in [-0.4, -0.2) is 46.3 Å². The van der Waals surface area contributed by atoms with Gasteiger partial charge in [-0.3, -0.25) is 0 Å². The summed E-state index contributed by atoms with van der Waals surface area (Å²) in [4.78, 5) is 11.7. The van der Waals surface area contributed by atoms with Crippen molar-refractivity contribution in [2.24, 2.45) is 0 Å². The summed E-state index contributed by atoms with van der Waals surface area (Å²) in [5.74, 6) is 0.437. The third kappa shape index (κ3) is 3.69. The number of anilines is 3. The van der Waals surface area contributed by atoms with E-state index in [-0.39, 0.29) is 29.1 Å². The van der Waals surface area contributed by atoms with Gasteiger partial charge >= 0.3 is 6.18 Å². The quantitative estimate of drug-likeness (QED) is 0.727. The number of aromatic nitrogens is 3. The number of halogens is 3. The Morgan fingerprint density at radius 2 is 2.04 bits per heavy atom. The van der Waals surface area contributed by atoms with Crippen molar-refractivity contribution in [2.75, 3.05) is 30.3 Å². The molecule has 1 aliphatic carbocycles. The third-order valence-corrected chi connectivity index (χ3v) is 4.68. The predicted molar refractivity (Wildman–Crippen MR) is 92.8 cm³/mol. The minimum atomic E-state index is -4.55. The summed E-state index contributed by atoms with van der Waals surface area (Å²) in [6.07, 6.45) is -0.578. The number of morpholine rings is 1. The zero-order valence-electron chi connectivity index (χ0n) is 14.5. The maximum atomic E-state index is 13.4. The molecule has 2 aromatic heterocycles. The van der Waals surface area contributed by atoms with Crippen LogP contribution in [0.15, 0.2) is 24.7 Å². The van der Waals surface area contributed by atoms with Gasteiger partial charge < -0.3 is 20.7 Å². The first-order valence-electron chi connectivity index (χ1n) is 8.57. The van der Waals surface area contributed by atoms with E-state index in [1.165, 1.54) is 18.5 Å². The van der Waals surface area contributed by atoms with Crippen molar-refractivity contribution < 1.29 is 17.9 Å². The predicted octanol–water partition coefficient (Wildman–Crippen LogP) is 2.05. The van der Waals surface area contributed by atoms with E-state index >= 15 is 0 Å². The van der Waals surface area contributed by atoms with E-state index in [0.29, 0.717) is 19.6 Å². The average Bonchev–Trinajstić information content (AvgIpc) is 3.32. The van der Waals surface area contributed by atoms with Gasteiger partial charge in [-0.05, 0) is 0 Å². The summed E-state index contributed by atoms with van der Waals surface area (Å²) < 4.78 is 45.9. The highest BCUT2D eigenvalue weighted by atomic mass is 19.4. The van der Waals surface area contributed by atoms with Crippen molar-refractivity contribution in [1.82, 2.24) is 20.3 Å². The van der Waals surface area contributed by atoms with E-state index in [0.717, 1.165) is 12.7 Å². The number of nitrogens with one attached hydrogen (secondary N) is 3. The SMILES string of the molecule is N#Cc1cnc(Nc2cc(NC3CC34CNCCO4)c(C(F)(F)F)cn2)cn1. The highest BCUT2D eigenvalue weighted by Gasteiger charge is 2.57. The fourth-order valence-electron chi connectivity index (χ4n) is 3.14. The average molecular weight is 391 g/mol. The van der Waals surface area contributed by atoms with Crippen LogP contribution in [0.5, 0.6) is 0 Å². The highest BCUT2D eigenvalue weighted by Crippen LogP contribution is 2.45. The molecule has 2 atom stereocenters. The van der Waals surface area contributed by atoms with Crippen LogP contribution in [0.3, 0.4) is 0 Å². The molecule has 0 bridgehead atoms. The number of rotatable bonds is 4. The number of ether oxygens (including phenoxy) is 1. The van der Waals surface area contributed by atoms with Gasteiger partial charge in [-0.2, -0.15) is 18.4 Å². The van der Waals surface area contributed by atoms with Crippen molar-refractivity contribution in [3.8, 4) is 6.07 Å². The Labute approximate surface area is 158 Å². The zero-order valence-corrected chi connectivity index (χ0v) is 14.5. The number of hydrogen-bond acceptors (Lipinski definition) is 8. The molecule has 2 unspecified atom stereocenters. The van der Waals surface area contributed by atoms with Crippen LogP contribution in [-0.2, 0) is 10.9 Å². The van der Waals surface area contributed by atoms with Crippen molar-refractivity contribution in [3.05, 3.63) is 35.9 Å². The molecule has 2 aliphatic rings. The molecule has 146 valence electrons.